The summed E-state index contributed by atoms with van der Waals surface area (Å²) in [4.78, 5) is 13.4. The largest absolute Gasteiger partial charge is 0.397 e. The maximum atomic E-state index is 11.8. The van der Waals surface area contributed by atoms with Gasteiger partial charge in [-0.1, -0.05) is 11.6 Å². The molecule has 3 N–H and O–H groups in total. The van der Waals surface area contributed by atoms with E-state index in [0.29, 0.717) is 29.5 Å². The number of nitrogens with two attached hydrogens (primary N) is 1. The van der Waals surface area contributed by atoms with E-state index >= 15 is 0 Å². The lowest BCUT2D eigenvalue weighted by molar-refractivity contribution is 0.217. The van der Waals surface area contributed by atoms with Gasteiger partial charge in [-0.2, -0.15) is 0 Å². The molecule has 0 aliphatic carbocycles. The van der Waals surface area contributed by atoms with Crippen molar-refractivity contribution in [3.05, 3.63) is 23.2 Å². The smallest absolute Gasteiger partial charge is 0.321 e. The molecular formula is C11H16ClN3O. The number of hydrogen-bond donors (Lipinski definition) is 2. The highest BCUT2D eigenvalue weighted by atomic mass is 35.5. The van der Waals surface area contributed by atoms with Crippen LogP contribution in [0.4, 0.5) is 16.2 Å². The minimum Gasteiger partial charge on any atom is -0.397 e. The molecular weight excluding hydrogens is 226 g/mol. The number of urea groups is 1. The quantitative estimate of drug-likeness (QED) is 0.800. The van der Waals surface area contributed by atoms with Gasteiger partial charge in [-0.15, -0.1) is 0 Å². The van der Waals surface area contributed by atoms with Crippen LogP contribution in [0, 0.1) is 0 Å². The summed E-state index contributed by atoms with van der Waals surface area (Å²) in [5.41, 5.74) is 6.78. The van der Waals surface area contributed by atoms with E-state index in [2.05, 4.69) is 5.32 Å². The molecule has 0 saturated carbocycles. The molecule has 0 radical (unpaired) electrons. The summed E-state index contributed by atoms with van der Waals surface area (Å²) < 4.78 is 0. The lowest BCUT2D eigenvalue weighted by Crippen LogP contribution is -2.34. The van der Waals surface area contributed by atoms with Crippen molar-refractivity contribution in [3.63, 3.8) is 0 Å². The van der Waals surface area contributed by atoms with Gasteiger partial charge < -0.3 is 16.0 Å². The molecule has 0 bridgehead atoms. The van der Waals surface area contributed by atoms with Crippen molar-refractivity contribution in [3.8, 4) is 0 Å². The van der Waals surface area contributed by atoms with E-state index < -0.39 is 0 Å². The summed E-state index contributed by atoms with van der Waals surface area (Å²) in [5, 5.41) is 3.28. The van der Waals surface area contributed by atoms with Crippen LogP contribution >= 0.6 is 11.6 Å². The zero-order valence-corrected chi connectivity index (χ0v) is 10.2. The molecule has 0 atom stereocenters. The maximum Gasteiger partial charge on any atom is 0.321 e. The standard InChI is InChI=1S/C11H16ClN3O/c1-3-15(4-2)11(16)14-10-7-8(12)5-6-9(10)13/h5-7H,3-4,13H2,1-2H3,(H,14,16). The average Bonchev–Trinajstić information content (AvgIpc) is 2.25. The second-order valence-electron chi connectivity index (χ2n) is 3.33. The highest BCUT2D eigenvalue weighted by molar-refractivity contribution is 6.31. The molecule has 88 valence electrons. The Balaban J connectivity index is 2.80. The van der Waals surface area contributed by atoms with E-state index in [4.69, 9.17) is 17.3 Å². The van der Waals surface area contributed by atoms with Crippen molar-refractivity contribution in [2.24, 2.45) is 0 Å². The zero-order chi connectivity index (χ0) is 12.1. The highest BCUT2D eigenvalue weighted by Gasteiger charge is 2.10. The molecule has 5 heteroatoms. The second-order valence-corrected chi connectivity index (χ2v) is 3.77. The topological polar surface area (TPSA) is 58.4 Å². The third-order valence-electron chi connectivity index (χ3n) is 2.31. The normalized spacial score (nSPS) is 9.94. The first-order valence-electron chi connectivity index (χ1n) is 5.19. The summed E-state index contributed by atoms with van der Waals surface area (Å²) in [6, 6.07) is 4.82. The van der Waals surface area contributed by atoms with Crippen LogP contribution in [-0.4, -0.2) is 24.0 Å². The van der Waals surface area contributed by atoms with E-state index in [1.54, 1.807) is 23.1 Å². The number of carbonyl (C=O) groups excluding carboxylic acids is 1. The van der Waals surface area contributed by atoms with Crippen molar-refractivity contribution in [2.75, 3.05) is 24.1 Å². The van der Waals surface area contributed by atoms with Crippen molar-refractivity contribution >= 4 is 29.0 Å². The molecule has 0 saturated heterocycles. The van der Waals surface area contributed by atoms with Crippen LogP contribution in [0.25, 0.3) is 0 Å². The molecule has 0 fully saturated rings. The van der Waals surface area contributed by atoms with Gasteiger partial charge in [0.05, 0.1) is 11.4 Å². The second kappa shape index (κ2) is 5.61. The monoisotopic (exact) mass is 241 g/mol. The Morgan fingerprint density at radius 2 is 2.06 bits per heavy atom. The predicted molar refractivity (Wildman–Crippen MR) is 67.8 cm³/mol. The molecule has 0 heterocycles. The van der Waals surface area contributed by atoms with Gasteiger partial charge in [0.2, 0.25) is 0 Å². The first-order chi connectivity index (χ1) is 7.58. The molecule has 16 heavy (non-hydrogen) atoms. The molecule has 1 rings (SSSR count). The van der Waals surface area contributed by atoms with Gasteiger partial charge in [-0.3, -0.25) is 0 Å². The molecule has 1 aromatic rings. The zero-order valence-electron chi connectivity index (χ0n) is 9.46. The molecule has 0 unspecified atom stereocenters. The number of nitrogen functional groups attached to an aromatic ring is 1. The highest BCUT2D eigenvalue weighted by Crippen LogP contribution is 2.23. The Bertz CT molecular complexity index is 377. The van der Waals surface area contributed by atoms with Crippen molar-refractivity contribution in [1.82, 2.24) is 4.90 Å². The predicted octanol–water partition coefficient (Wildman–Crippen LogP) is 2.80. The van der Waals surface area contributed by atoms with E-state index in [-0.39, 0.29) is 6.03 Å². The molecule has 0 aromatic heterocycles. The first kappa shape index (κ1) is 12.6. The number of nitrogens with zero attached hydrogens (tertiary/aromatic N) is 1. The van der Waals surface area contributed by atoms with Crippen LogP contribution in [0.3, 0.4) is 0 Å². The number of nitrogens with one attached hydrogen (secondary N) is 1. The fraction of sp³-hybridized carbons (Fsp3) is 0.364. The molecule has 1 aromatic carbocycles. The van der Waals surface area contributed by atoms with E-state index in [9.17, 15) is 4.79 Å². The van der Waals surface area contributed by atoms with Crippen LogP contribution < -0.4 is 11.1 Å². The minimum absolute atomic E-state index is 0.168. The number of amides is 2. The summed E-state index contributed by atoms with van der Waals surface area (Å²) in [7, 11) is 0. The van der Waals surface area contributed by atoms with Gasteiger partial charge in [0.25, 0.3) is 0 Å². The van der Waals surface area contributed by atoms with Gasteiger partial charge >= 0.3 is 6.03 Å². The minimum atomic E-state index is -0.168. The Morgan fingerprint density at radius 3 is 2.62 bits per heavy atom. The van der Waals surface area contributed by atoms with Gasteiger partial charge in [0.15, 0.2) is 0 Å². The molecule has 0 aliphatic rings. The van der Waals surface area contributed by atoms with Crippen LogP contribution in [0.1, 0.15) is 13.8 Å². The number of benzene rings is 1. The fourth-order valence-electron chi connectivity index (χ4n) is 1.34. The maximum absolute atomic E-state index is 11.8. The lowest BCUT2D eigenvalue weighted by atomic mass is 10.3. The number of hydrogen-bond acceptors (Lipinski definition) is 2. The van der Waals surface area contributed by atoms with Crippen LogP contribution in [0.2, 0.25) is 5.02 Å². The summed E-state index contributed by atoms with van der Waals surface area (Å²) in [5.74, 6) is 0. The summed E-state index contributed by atoms with van der Waals surface area (Å²) in [6.45, 7) is 5.15. The Kier molecular flexibility index (Phi) is 4.43. The van der Waals surface area contributed by atoms with Crippen LogP contribution in [0.15, 0.2) is 18.2 Å². The molecule has 2 amide bonds. The summed E-state index contributed by atoms with van der Waals surface area (Å²) in [6.07, 6.45) is 0. The summed E-state index contributed by atoms with van der Waals surface area (Å²) >= 11 is 5.83. The Morgan fingerprint density at radius 1 is 1.44 bits per heavy atom. The van der Waals surface area contributed by atoms with Gasteiger partial charge in [0, 0.05) is 18.1 Å². The van der Waals surface area contributed by atoms with Crippen LogP contribution in [0.5, 0.6) is 0 Å². The molecule has 0 aliphatic heterocycles. The van der Waals surface area contributed by atoms with Crippen molar-refractivity contribution in [2.45, 2.75) is 13.8 Å². The number of anilines is 2. The van der Waals surface area contributed by atoms with E-state index in [1.807, 2.05) is 13.8 Å². The molecule has 4 nitrogen and oxygen atoms in total. The van der Waals surface area contributed by atoms with Crippen molar-refractivity contribution in [1.29, 1.82) is 0 Å². The average molecular weight is 242 g/mol. The lowest BCUT2D eigenvalue weighted by Gasteiger charge is -2.19. The first-order valence-corrected chi connectivity index (χ1v) is 5.57. The number of rotatable bonds is 3. The third kappa shape index (κ3) is 3.03. The number of carbonyl (C=O) groups is 1. The molecule has 0 spiro atoms. The Hall–Kier alpha value is -1.42. The SMILES string of the molecule is CCN(CC)C(=O)Nc1cc(Cl)ccc1N. The van der Waals surface area contributed by atoms with E-state index in [1.165, 1.54) is 0 Å². The fourth-order valence-corrected chi connectivity index (χ4v) is 1.51. The Labute approximate surface area is 100 Å². The third-order valence-corrected chi connectivity index (χ3v) is 2.54. The van der Waals surface area contributed by atoms with Gasteiger partial charge in [-0.05, 0) is 32.0 Å². The van der Waals surface area contributed by atoms with Crippen LogP contribution in [-0.2, 0) is 0 Å². The number of halogens is 1. The van der Waals surface area contributed by atoms with Gasteiger partial charge in [-0.25, -0.2) is 4.79 Å². The van der Waals surface area contributed by atoms with Gasteiger partial charge in [0.1, 0.15) is 0 Å². The van der Waals surface area contributed by atoms with E-state index in [0.717, 1.165) is 0 Å². The van der Waals surface area contributed by atoms with Crippen molar-refractivity contribution < 1.29 is 4.79 Å².